The summed E-state index contributed by atoms with van der Waals surface area (Å²) in [5.41, 5.74) is 3.08. The van der Waals surface area contributed by atoms with Crippen molar-refractivity contribution >= 4 is 22.3 Å². The van der Waals surface area contributed by atoms with Gasteiger partial charge in [-0.25, -0.2) is 0 Å². The van der Waals surface area contributed by atoms with Gasteiger partial charge in [0, 0.05) is 35.9 Å². The van der Waals surface area contributed by atoms with E-state index in [1.807, 2.05) is 36.5 Å². The van der Waals surface area contributed by atoms with Crippen LogP contribution in [-0.2, 0) is 0 Å². The first kappa shape index (κ1) is 18.8. The number of rotatable bonds is 8. The molecule has 0 saturated heterocycles. The van der Waals surface area contributed by atoms with Crippen LogP contribution in [0.1, 0.15) is 19.8 Å². The third-order valence-electron chi connectivity index (χ3n) is 4.61. The number of hydrogen-bond donors (Lipinski definition) is 0. The van der Waals surface area contributed by atoms with Gasteiger partial charge in [-0.2, -0.15) is 0 Å². The molecule has 0 N–H and O–H groups in total. The summed E-state index contributed by atoms with van der Waals surface area (Å²) in [5, 5.41) is 1.12. The summed E-state index contributed by atoms with van der Waals surface area (Å²) >= 11 is 0. The zero-order valence-electron chi connectivity index (χ0n) is 16.4. The molecule has 0 fully saturated rings. The number of fused-ring (bicyclic) bond motifs is 1. The molecular weight excluding hydrogens is 340 g/mol. The summed E-state index contributed by atoms with van der Waals surface area (Å²) in [5.74, 6) is 1.89. The molecule has 0 aliphatic heterocycles. The van der Waals surface area contributed by atoms with Gasteiger partial charge in [0.1, 0.15) is 0 Å². The Labute approximate surface area is 160 Å². The van der Waals surface area contributed by atoms with E-state index in [0.29, 0.717) is 17.2 Å². The maximum absolute atomic E-state index is 5.55. The molecule has 0 aliphatic carbocycles. The summed E-state index contributed by atoms with van der Waals surface area (Å²) < 4.78 is 16.6. The Morgan fingerprint density at radius 3 is 2.30 bits per heavy atom. The lowest BCUT2D eigenvalue weighted by atomic mass is 10.1. The van der Waals surface area contributed by atoms with Gasteiger partial charge in [0.15, 0.2) is 11.5 Å². The maximum atomic E-state index is 5.55. The van der Waals surface area contributed by atoms with Gasteiger partial charge in [-0.15, -0.1) is 0 Å². The van der Waals surface area contributed by atoms with Crippen molar-refractivity contribution in [2.75, 3.05) is 32.8 Å². The minimum atomic E-state index is 0.596. The highest BCUT2D eigenvalue weighted by Gasteiger charge is 2.19. The molecular formula is C22H26N2O3. The molecule has 2 aromatic carbocycles. The van der Waals surface area contributed by atoms with E-state index in [-0.39, 0.29) is 0 Å². The lowest BCUT2D eigenvalue weighted by molar-refractivity contribution is 0.324. The maximum Gasteiger partial charge on any atom is 0.203 e. The van der Waals surface area contributed by atoms with Crippen LogP contribution in [0, 0.1) is 0 Å². The lowest BCUT2D eigenvalue weighted by Gasteiger charge is -2.27. The predicted octanol–water partition coefficient (Wildman–Crippen LogP) is 5.20. The average molecular weight is 366 g/mol. The first-order valence-corrected chi connectivity index (χ1v) is 9.14. The number of ether oxygens (including phenoxy) is 3. The van der Waals surface area contributed by atoms with Gasteiger partial charge in [-0.3, -0.25) is 4.98 Å². The van der Waals surface area contributed by atoms with E-state index >= 15 is 0 Å². The minimum Gasteiger partial charge on any atom is -0.493 e. The van der Waals surface area contributed by atoms with Gasteiger partial charge in [0.2, 0.25) is 5.75 Å². The number of aromatic nitrogens is 1. The Kier molecular flexibility index (Phi) is 6.01. The van der Waals surface area contributed by atoms with Crippen molar-refractivity contribution in [3.8, 4) is 17.2 Å². The van der Waals surface area contributed by atoms with Crippen molar-refractivity contribution in [1.82, 2.24) is 4.98 Å². The molecule has 142 valence electrons. The van der Waals surface area contributed by atoms with Gasteiger partial charge in [0.05, 0.1) is 32.5 Å². The highest BCUT2D eigenvalue weighted by atomic mass is 16.5. The molecule has 0 bridgehead atoms. The highest BCUT2D eigenvalue weighted by molar-refractivity contribution is 5.94. The number of methoxy groups -OCH3 is 3. The van der Waals surface area contributed by atoms with Gasteiger partial charge in [-0.1, -0.05) is 19.4 Å². The van der Waals surface area contributed by atoms with E-state index in [4.69, 9.17) is 14.2 Å². The first-order valence-electron chi connectivity index (χ1n) is 9.14. The number of pyridine rings is 1. The third kappa shape index (κ3) is 3.77. The Morgan fingerprint density at radius 2 is 1.67 bits per heavy atom. The largest absolute Gasteiger partial charge is 0.493 e. The van der Waals surface area contributed by atoms with Gasteiger partial charge in [-0.05, 0) is 30.7 Å². The fourth-order valence-electron chi connectivity index (χ4n) is 3.25. The number of hydrogen-bond acceptors (Lipinski definition) is 5. The first-order chi connectivity index (χ1) is 13.2. The van der Waals surface area contributed by atoms with Gasteiger partial charge >= 0.3 is 0 Å². The van der Waals surface area contributed by atoms with Crippen molar-refractivity contribution in [2.24, 2.45) is 0 Å². The zero-order valence-corrected chi connectivity index (χ0v) is 16.4. The Balaban J connectivity index is 2.18. The normalized spacial score (nSPS) is 10.7. The SMILES string of the molecule is CCCCN(c1cc(OC)c(OC)c(OC)c1)c1cccc2ncccc12. The van der Waals surface area contributed by atoms with Crippen molar-refractivity contribution in [1.29, 1.82) is 0 Å². The molecule has 5 heteroatoms. The average Bonchev–Trinajstić information content (AvgIpc) is 2.73. The number of unbranched alkanes of at least 4 members (excludes halogenated alkanes) is 1. The Hall–Kier alpha value is -2.95. The van der Waals surface area contributed by atoms with Gasteiger partial charge in [0.25, 0.3) is 0 Å². The van der Waals surface area contributed by atoms with Crippen LogP contribution in [0.2, 0.25) is 0 Å². The van der Waals surface area contributed by atoms with Crippen molar-refractivity contribution < 1.29 is 14.2 Å². The molecule has 5 nitrogen and oxygen atoms in total. The van der Waals surface area contributed by atoms with Crippen LogP contribution in [0.4, 0.5) is 11.4 Å². The van der Waals surface area contributed by atoms with Crippen molar-refractivity contribution in [2.45, 2.75) is 19.8 Å². The molecule has 3 aromatic rings. The molecule has 27 heavy (non-hydrogen) atoms. The van der Waals surface area contributed by atoms with E-state index < -0.39 is 0 Å². The van der Waals surface area contributed by atoms with Crippen molar-refractivity contribution in [3.63, 3.8) is 0 Å². The molecule has 0 saturated carbocycles. The van der Waals surface area contributed by atoms with Crippen LogP contribution in [0.15, 0.2) is 48.7 Å². The zero-order chi connectivity index (χ0) is 19.2. The standard InChI is InChI=1S/C22H26N2O3/c1-5-6-13-24(19-11-7-10-18-17(19)9-8-12-23-18)16-14-20(25-2)22(27-4)21(15-16)26-3/h7-12,14-15H,5-6,13H2,1-4H3. The predicted molar refractivity (Wildman–Crippen MR) is 110 cm³/mol. The number of nitrogens with zero attached hydrogens (tertiary/aromatic N) is 2. The van der Waals surface area contributed by atoms with Crippen LogP contribution in [0.25, 0.3) is 10.9 Å². The second kappa shape index (κ2) is 8.62. The molecule has 1 aromatic heterocycles. The van der Waals surface area contributed by atoms with Crippen LogP contribution < -0.4 is 19.1 Å². The summed E-state index contributed by atoms with van der Waals surface area (Å²) in [6.45, 7) is 3.07. The fourth-order valence-corrected chi connectivity index (χ4v) is 3.25. The summed E-state index contributed by atoms with van der Waals surface area (Å²) in [4.78, 5) is 6.79. The molecule has 0 atom stereocenters. The topological polar surface area (TPSA) is 43.8 Å². The molecule has 0 radical (unpaired) electrons. The summed E-state index contributed by atoms with van der Waals surface area (Å²) in [7, 11) is 4.89. The van der Waals surface area contributed by atoms with Crippen molar-refractivity contribution in [3.05, 3.63) is 48.7 Å². The summed E-state index contributed by atoms with van der Waals surface area (Å²) in [6.07, 6.45) is 3.99. The number of benzene rings is 2. The van der Waals surface area contributed by atoms with E-state index in [1.165, 1.54) is 0 Å². The monoisotopic (exact) mass is 366 g/mol. The molecule has 1 heterocycles. The highest BCUT2D eigenvalue weighted by Crippen LogP contribution is 2.43. The molecule has 0 aliphatic rings. The molecule has 0 spiro atoms. The number of anilines is 2. The second-order valence-electron chi connectivity index (χ2n) is 6.24. The van der Waals surface area contributed by atoms with Gasteiger partial charge < -0.3 is 19.1 Å². The lowest BCUT2D eigenvalue weighted by Crippen LogP contribution is -2.19. The smallest absolute Gasteiger partial charge is 0.203 e. The molecule has 3 rings (SSSR count). The van der Waals surface area contributed by atoms with E-state index in [0.717, 1.165) is 41.7 Å². The molecule has 0 amide bonds. The van der Waals surface area contributed by atoms with Crippen LogP contribution >= 0.6 is 0 Å². The minimum absolute atomic E-state index is 0.596. The quantitative estimate of drug-likeness (QED) is 0.548. The van der Waals surface area contributed by atoms with Crippen LogP contribution in [0.5, 0.6) is 17.2 Å². The van der Waals surface area contributed by atoms with E-state index in [1.54, 1.807) is 21.3 Å². The Morgan fingerprint density at radius 1 is 0.926 bits per heavy atom. The molecule has 0 unspecified atom stereocenters. The second-order valence-corrected chi connectivity index (χ2v) is 6.24. The summed E-state index contributed by atoms with van der Waals surface area (Å²) in [6, 6.07) is 14.3. The fraction of sp³-hybridized carbons (Fsp3) is 0.318. The third-order valence-corrected chi connectivity index (χ3v) is 4.61. The van der Waals surface area contributed by atoms with Crippen LogP contribution in [-0.4, -0.2) is 32.9 Å². The van der Waals surface area contributed by atoms with E-state index in [2.05, 4.69) is 28.9 Å². The van der Waals surface area contributed by atoms with E-state index in [9.17, 15) is 0 Å². The Bertz CT molecular complexity index is 881. The van der Waals surface area contributed by atoms with Crippen LogP contribution in [0.3, 0.4) is 0 Å².